The molecule has 1 N–H and O–H groups in total. The predicted molar refractivity (Wildman–Crippen MR) is 82.7 cm³/mol. The molecule has 0 aliphatic heterocycles. The van der Waals surface area contributed by atoms with Crippen LogP contribution in [0.1, 0.15) is 31.8 Å². The molecule has 0 atom stereocenters. The summed E-state index contributed by atoms with van der Waals surface area (Å²) >= 11 is 5.47. The van der Waals surface area contributed by atoms with E-state index < -0.39 is 0 Å². The summed E-state index contributed by atoms with van der Waals surface area (Å²) in [7, 11) is 1.95. The minimum Gasteiger partial charge on any atom is -0.328 e. The number of H-pyrrole nitrogens is 1. The van der Waals surface area contributed by atoms with Crippen molar-refractivity contribution in [2.45, 2.75) is 39.8 Å². The first kappa shape index (κ1) is 14.0. The molecular formula is C13H19N7S. The number of aryl methyl sites for hydroxylation is 3. The fourth-order valence-corrected chi connectivity index (χ4v) is 2.90. The highest BCUT2D eigenvalue weighted by atomic mass is 32.1. The van der Waals surface area contributed by atoms with Crippen LogP contribution >= 0.6 is 12.2 Å². The van der Waals surface area contributed by atoms with Gasteiger partial charge in [-0.3, -0.25) is 9.25 Å². The molecule has 3 aromatic rings. The van der Waals surface area contributed by atoms with E-state index in [1.807, 2.05) is 20.9 Å². The number of hydrogen-bond donors (Lipinski definition) is 1. The molecule has 7 nitrogen and oxygen atoms in total. The number of fused-ring (bicyclic) bond motifs is 1. The summed E-state index contributed by atoms with van der Waals surface area (Å²) in [6, 6.07) is 0. The Morgan fingerprint density at radius 1 is 1.33 bits per heavy atom. The predicted octanol–water partition coefficient (Wildman–Crippen LogP) is 2.04. The number of hydrogen-bond acceptors (Lipinski definition) is 4. The molecule has 0 spiro atoms. The van der Waals surface area contributed by atoms with E-state index in [-0.39, 0.29) is 0 Å². The van der Waals surface area contributed by atoms with E-state index in [0.717, 1.165) is 42.1 Å². The van der Waals surface area contributed by atoms with E-state index in [0.29, 0.717) is 11.3 Å². The molecule has 3 rings (SSSR count). The van der Waals surface area contributed by atoms with Gasteiger partial charge >= 0.3 is 0 Å². The Morgan fingerprint density at radius 2 is 2.14 bits per heavy atom. The molecule has 0 unspecified atom stereocenters. The third-order valence-electron chi connectivity index (χ3n) is 3.64. The number of aromatic amines is 1. The maximum absolute atomic E-state index is 5.47. The normalized spacial score (nSPS) is 11.6. The number of rotatable bonds is 5. The Bertz CT molecular complexity index is 819. The van der Waals surface area contributed by atoms with Gasteiger partial charge in [0.15, 0.2) is 16.2 Å². The maximum Gasteiger partial charge on any atom is 0.179 e. The highest BCUT2D eigenvalue weighted by Gasteiger charge is 2.16. The highest BCUT2D eigenvalue weighted by Crippen LogP contribution is 2.19. The van der Waals surface area contributed by atoms with Crippen molar-refractivity contribution in [2.24, 2.45) is 7.05 Å². The van der Waals surface area contributed by atoms with Crippen LogP contribution in [0.2, 0.25) is 0 Å². The van der Waals surface area contributed by atoms with Gasteiger partial charge in [-0.2, -0.15) is 5.10 Å². The second-order valence-electron chi connectivity index (χ2n) is 5.07. The zero-order chi connectivity index (χ0) is 15.0. The zero-order valence-electron chi connectivity index (χ0n) is 12.5. The third kappa shape index (κ3) is 2.29. The smallest absolute Gasteiger partial charge is 0.179 e. The summed E-state index contributed by atoms with van der Waals surface area (Å²) < 4.78 is 6.64. The average Bonchev–Trinajstić information content (AvgIpc) is 3.10. The van der Waals surface area contributed by atoms with Crippen LogP contribution in [0.3, 0.4) is 0 Å². The minimum absolute atomic E-state index is 0.595. The standard InChI is InChI=1S/C13H19N7S/c1-4-6-9-11-12(18(3)17-9)20(13(21)15-11)7-10-16-14-8-19(10)5-2/h8H,4-7H2,1-3H3,(H,15,21). The van der Waals surface area contributed by atoms with Crippen LogP contribution in [0, 0.1) is 4.77 Å². The molecule has 21 heavy (non-hydrogen) atoms. The Balaban J connectivity index is 2.10. The molecule has 0 aromatic carbocycles. The highest BCUT2D eigenvalue weighted by molar-refractivity contribution is 7.71. The van der Waals surface area contributed by atoms with Crippen LogP contribution in [-0.4, -0.2) is 34.1 Å². The molecule has 0 saturated heterocycles. The van der Waals surface area contributed by atoms with Gasteiger partial charge in [0.1, 0.15) is 11.8 Å². The van der Waals surface area contributed by atoms with Gasteiger partial charge in [-0.1, -0.05) is 13.3 Å². The van der Waals surface area contributed by atoms with Crippen molar-refractivity contribution in [3.63, 3.8) is 0 Å². The van der Waals surface area contributed by atoms with Crippen molar-refractivity contribution in [3.8, 4) is 0 Å². The van der Waals surface area contributed by atoms with Crippen molar-refractivity contribution in [1.82, 2.24) is 34.1 Å². The van der Waals surface area contributed by atoms with Crippen molar-refractivity contribution >= 4 is 23.4 Å². The van der Waals surface area contributed by atoms with Crippen LogP contribution in [0.15, 0.2) is 6.33 Å². The molecule has 0 aliphatic carbocycles. The van der Waals surface area contributed by atoms with Crippen molar-refractivity contribution in [1.29, 1.82) is 0 Å². The summed E-state index contributed by atoms with van der Waals surface area (Å²) in [5.41, 5.74) is 3.11. The molecule has 112 valence electrons. The summed E-state index contributed by atoms with van der Waals surface area (Å²) in [6.07, 6.45) is 3.74. The lowest BCUT2D eigenvalue weighted by Crippen LogP contribution is -2.09. The zero-order valence-corrected chi connectivity index (χ0v) is 13.3. The molecule has 3 aromatic heterocycles. The van der Waals surface area contributed by atoms with Crippen LogP contribution in [0.5, 0.6) is 0 Å². The maximum atomic E-state index is 5.47. The summed E-state index contributed by atoms with van der Waals surface area (Å²) in [5.74, 6) is 0.896. The van der Waals surface area contributed by atoms with Gasteiger partial charge in [-0.05, 0) is 25.6 Å². The molecule has 3 heterocycles. The quantitative estimate of drug-likeness (QED) is 0.732. The third-order valence-corrected chi connectivity index (χ3v) is 3.97. The summed E-state index contributed by atoms with van der Waals surface area (Å²) in [6.45, 7) is 5.66. The van der Waals surface area contributed by atoms with Crippen LogP contribution < -0.4 is 0 Å². The van der Waals surface area contributed by atoms with Gasteiger partial charge in [0.25, 0.3) is 0 Å². The van der Waals surface area contributed by atoms with E-state index >= 15 is 0 Å². The Morgan fingerprint density at radius 3 is 2.86 bits per heavy atom. The number of nitrogens with zero attached hydrogens (tertiary/aromatic N) is 6. The van der Waals surface area contributed by atoms with E-state index in [1.54, 1.807) is 6.33 Å². The molecule has 0 amide bonds. The molecule has 0 radical (unpaired) electrons. The molecule has 0 bridgehead atoms. The van der Waals surface area contributed by atoms with Crippen molar-refractivity contribution in [2.75, 3.05) is 0 Å². The Labute approximate surface area is 127 Å². The van der Waals surface area contributed by atoms with E-state index in [1.165, 1.54) is 0 Å². The number of imidazole rings is 1. The van der Waals surface area contributed by atoms with Crippen LogP contribution in [-0.2, 0) is 26.6 Å². The molecule has 0 aliphatic rings. The van der Waals surface area contributed by atoms with Gasteiger partial charge in [-0.15, -0.1) is 10.2 Å². The van der Waals surface area contributed by atoms with Gasteiger partial charge in [0, 0.05) is 13.6 Å². The van der Waals surface area contributed by atoms with Crippen LogP contribution in [0.4, 0.5) is 0 Å². The van der Waals surface area contributed by atoms with Gasteiger partial charge < -0.3 is 9.55 Å². The average molecular weight is 305 g/mol. The fourth-order valence-electron chi connectivity index (χ4n) is 2.64. The molecule has 0 fully saturated rings. The molecule has 8 heteroatoms. The van der Waals surface area contributed by atoms with Gasteiger partial charge in [0.2, 0.25) is 0 Å². The van der Waals surface area contributed by atoms with E-state index in [4.69, 9.17) is 12.2 Å². The largest absolute Gasteiger partial charge is 0.328 e. The number of nitrogens with one attached hydrogen (secondary N) is 1. The summed E-state index contributed by atoms with van der Waals surface area (Å²) in [4.78, 5) is 3.29. The second-order valence-corrected chi connectivity index (χ2v) is 5.46. The fraction of sp³-hybridized carbons (Fsp3) is 0.538. The van der Waals surface area contributed by atoms with Crippen molar-refractivity contribution in [3.05, 3.63) is 22.6 Å². The van der Waals surface area contributed by atoms with Gasteiger partial charge in [-0.25, -0.2) is 0 Å². The first-order valence-electron chi connectivity index (χ1n) is 7.16. The topological polar surface area (TPSA) is 69.2 Å². The molecule has 0 saturated carbocycles. The molecular weight excluding hydrogens is 286 g/mol. The van der Waals surface area contributed by atoms with E-state index in [9.17, 15) is 0 Å². The second kappa shape index (κ2) is 5.44. The van der Waals surface area contributed by atoms with Gasteiger partial charge in [0.05, 0.1) is 12.2 Å². The lowest BCUT2D eigenvalue weighted by atomic mass is 10.2. The van der Waals surface area contributed by atoms with Crippen molar-refractivity contribution < 1.29 is 0 Å². The minimum atomic E-state index is 0.595. The monoisotopic (exact) mass is 305 g/mol. The first-order valence-corrected chi connectivity index (χ1v) is 7.57. The lowest BCUT2D eigenvalue weighted by molar-refractivity contribution is 0.638. The Hall–Kier alpha value is -1.96. The van der Waals surface area contributed by atoms with Crippen LogP contribution in [0.25, 0.3) is 11.2 Å². The number of aromatic nitrogens is 7. The lowest BCUT2D eigenvalue weighted by Gasteiger charge is -2.05. The first-order chi connectivity index (χ1) is 10.2. The Kier molecular flexibility index (Phi) is 3.62. The van der Waals surface area contributed by atoms with E-state index in [2.05, 4.69) is 34.1 Å². The SMILES string of the molecule is CCCc1nn(C)c2c1[nH]c(=S)n2Cc1nncn1CC. The summed E-state index contributed by atoms with van der Waals surface area (Å²) in [5, 5.41) is 12.7.